The van der Waals surface area contributed by atoms with Crippen molar-refractivity contribution in [1.29, 1.82) is 0 Å². The summed E-state index contributed by atoms with van der Waals surface area (Å²) in [5.41, 5.74) is 8.02. The highest BCUT2D eigenvalue weighted by atomic mass is 16.1. The summed E-state index contributed by atoms with van der Waals surface area (Å²) in [6.07, 6.45) is 1.72. The van der Waals surface area contributed by atoms with E-state index in [-0.39, 0.29) is 5.78 Å². The Kier molecular flexibility index (Phi) is 4.06. The maximum atomic E-state index is 11.6. The number of nitrogens with one attached hydrogen (secondary N) is 1. The molecule has 0 bridgehead atoms. The summed E-state index contributed by atoms with van der Waals surface area (Å²) in [5, 5.41) is 2.96. The molecule has 1 aromatic rings. The first-order valence-corrected chi connectivity index (χ1v) is 4.86. The summed E-state index contributed by atoms with van der Waals surface area (Å²) in [7, 11) is 0. The number of nitrogens with two attached hydrogens (primary N) is 1. The molecule has 0 aliphatic heterocycles. The zero-order valence-corrected chi connectivity index (χ0v) is 8.92. The molecule has 0 aliphatic carbocycles. The van der Waals surface area contributed by atoms with Crippen molar-refractivity contribution in [3.63, 3.8) is 0 Å². The van der Waals surface area contributed by atoms with Crippen LogP contribution in [0, 0.1) is 6.92 Å². The van der Waals surface area contributed by atoms with Crippen LogP contribution in [-0.2, 0) is 0 Å². The third-order valence-electron chi connectivity index (χ3n) is 2.18. The van der Waals surface area contributed by atoms with E-state index in [0.29, 0.717) is 24.3 Å². The lowest BCUT2D eigenvalue weighted by molar-refractivity contribution is 0.0992. The standard InChI is InChI=1S/C12H16N2O/c1-3-6-14-8-12(15)10-5-4-9(2)11(13)7-10/h3-5,7,14H,1,6,8,13H2,2H3. The van der Waals surface area contributed by atoms with Gasteiger partial charge in [-0.2, -0.15) is 0 Å². The Morgan fingerprint density at radius 2 is 2.33 bits per heavy atom. The first-order valence-electron chi connectivity index (χ1n) is 4.86. The lowest BCUT2D eigenvalue weighted by Gasteiger charge is -2.04. The van der Waals surface area contributed by atoms with Gasteiger partial charge in [0.05, 0.1) is 6.54 Å². The van der Waals surface area contributed by atoms with E-state index in [0.717, 1.165) is 5.56 Å². The van der Waals surface area contributed by atoms with Gasteiger partial charge in [0.2, 0.25) is 0 Å². The molecule has 0 radical (unpaired) electrons. The molecule has 0 fully saturated rings. The van der Waals surface area contributed by atoms with Crippen LogP contribution in [0.2, 0.25) is 0 Å². The van der Waals surface area contributed by atoms with Gasteiger partial charge in [-0.05, 0) is 18.6 Å². The molecule has 0 aromatic heterocycles. The molecule has 0 atom stereocenters. The SMILES string of the molecule is C=CCNCC(=O)c1ccc(C)c(N)c1. The van der Waals surface area contributed by atoms with Crippen LogP contribution in [0.15, 0.2) is 30.9 Å². The van der Waals surface area contributed by atoms with Gasteiger partial charge in [-0.3, -0.25) is 4.79 Å². The topological polar surface area (TPSA) is 55.1 Å². The van der Waals surface area contributed by atoms with E-state index in [4.69, 9.17) is 5.73 Å². The van der Waals surface area contributed by atoms with Crippen LogP contribution in [0.5, 0.6) is 0 Å². The Morgan fingerprint density at radius 3 is 2.93 bits per heavy atom. The van der Waals surface area contributed by atoms with Crippen molar-refractivity contribution < 1.29 is 4.79 Å². The monoisotopic (exact) mass is 204 g/mol. The third-order valence-corrected chi connectivity index (χ3v) is 2.18. The molecule has 0 unspecified atom stereocenters. The number of ketones is 1. The van der Waals surface area contributed by atoms with Crippen LogP contribution in [0.1, 0.15) is 15.9 Å². The van der Waals surface area contributed by atoms with Crippen molar-refractivity contribution in [2.24, 2.45) is 0 Å². The maximum Gasteiger partial charge on any atom is 0.176 e. The van der Waals surface area contributed by atoms with Gasteiger partial charge >= 0.3 is 0 Å². The van der Waals surface area contributed by atoms with Crippen molar-refractivity contribution in [3.05, 3.63) is 42.0 Å². The average molecular weight is 204 g/mol. The maximum absolute atomic E-state index is 11.6. The van der Waals surface area contributed by atoms with Crippen LogP contribution >= 0.6 is 0 Å². The number of aryl methyl sites for hydroxylation is 1. The van der Waals surface area contributed by atoms with Crippen molar-refractivity contribution >= 4 is 11.5 Å². The molecular formula is C12H16N2O. The molecule has 15 heavy (non-hydrogen) atoms. The predicted molar refractivity (Wildman–Crippen MR) is 63.0 cm³/mol. The zero-order valence-electron chi connectivity index (χ0n) is 8.92. The Bertz CT molecular complexity index is 372. The molecule has 80 valence electrons. The third kappa shape index (κ3) is 3.22. The molecule has 0 spiro atoms. The average Bonchev–Trinajstić information content (AvgIpc) is 2.22. The minimum absolute atomic E-state index is 0.0450. The summed E-state index contributed by atoms with van der Waals surface area (Å²) in [6.45, 7) is 6.42. The van der Waals surface area contributed by atoms with Gasteiger partial charge < -0.3 is 11.1 Å². The molecular weight excluding hydrogens is 188 g/mol. The number of hydrogen-bond donors (Lipinski definition) is 2. The number of carbonyl (C=O) groups excluding carboxylic acids is 1. The Labute approximate surface area is 90.0 Å². The van der Waals surface area contributed by atoms with Crippen molar-refractivity contribution in [2.75, 3.05) is 18.8 Å². The van der Waals surface area contributed by atoms with Gasteiger partial charge in [-0.1, -0.05) is 18.2 Å². The lowest BCUT2D eigenvalue weighted by atomic mass is 10.1. The molecule has 3 heteroatoms. The smallest absolute Gasteiger partial charge is 0.176 e. The number of carbonyl (C=O) groups is 1. The van der Waals surface area contributed by atoms with Gasteiger partial charge in [-0.25, -0.2) is 0 Å². The Morgan fingerprint density at radius 1 is 1.60 bits per heavy atom. The van der Waals surface area contributed by atoms with E-state index in [1.54, 1.807) is 18.2 Å². The van der Waals surface area contributed by atoms with Crippen molar-refractivity contribution in [2.45, 2.75) is 6.92 Å². The first-order chi connectivity index (χ1) is 7.15. The molecule has 0 saturated heterocycles. The van der Waals surface area contributed by atoms with Gasteiger partial charge in [0.15, 0.2) is 5.78 Å². The van der Waals surface area contributed by atoms with E-state index in [1.165, 1.54) is 0 Å². The molecule has 3 N–H and O–H groups in total. The summed E-state index contributed by atoms with van der Waals surface area (Å²) >= 11 is 0. The number of rotatable bonds is 5. The molecule has 1 rings (SSSR count). The second kappa shape index (κ2) is 5.32. The normalized spacial score (nSPS) is 9.93. The molecule has 0 aliphatic rings. The predicted octanol–water partition coefficient (Wildman–Crippen LogP) is 1.54. The van der Waals surface area contributed by atoms with Gasteiger partial charge in [0.25, 0.3) is 0 Å². The highest BCUT2D eigenvalue weighted by Gasteiger charge is 2.05. The number of nitrogen functional groups attached to an aromatic ring is 1. The Hall–Kier alpha value is -1.61. The van der Waals surface area contributed by atoms with E-state index in [9.17, 15) is 4.79 Å². The van der Waals surface area contributed by atoms with E-state index in [1.807, 2.05) is 13.0 Å². The zero-order chi connectivity index (χ0) is 11.3. The largest absolute Gasteiger partial charge is 0.398 e. The Balaban J connectivity index is 2.65. The van der Waals surface area contributed by atoms with Crippen LogP contribution in [-0.4, -0.2) is 18.9 Å². The summed E-state index contributed by atoms with van der Waals surface area (Å²) in [5.74, 6) is 0.0450. The number of hydrogen-bond acceptors (Lipinski definition) is 3. The van der Waals surface area contributed by atoms with E-state index < -0.39 is 0 Å². The molecule has 1 aromatic carbocycles. The lowest BCUT2D eigenvalue weighted by Crippen LogP contribution is -2.23. The van der Waals surface area contributed by atoms with Crippen molar-refractivity contribution in [3.8, 4) is 0 Å². The highest BCUT2D eigenvalue weighted by Crippen LogP contribution is 2.12. The molecule has 0 amide bonds. The fourth-order valence-electron chi connectivity index (χ4n) is 1.20. The highest BCUT2D eigenvalue weighted by molar-refractivity contribution is 5.98. The van der Waals surface area contributed by atoms with Crippen LogP contribution in [0.25, 0.3) is 0 Å². The molecule has 0 saturated carbocycles. The summed E-state index contributed by atoms with van der Waals surface area (Å²) in [6, 6.07) is 5.37. The minimum atomic E-state index is 0.0450. The summed E-state index contributed by atoms with van der Waals surface area (Å²) in [4.78, 5) is 11.6. The van der Waals surface area contributed by atoms with Gasteiger partial charge in [0.1, 0.15) is 0 Å². The number of anilines is 1. The fourth-order valence-corrected chi connectivity index (χ4v) is 1.20. The van der Waals surface area contributed by atoms with Crippen LogP contribution in [0.3, 0.4) is 0 Å². The quantitative estimate of drug-likeness (QED) is 0.331. The number of benzene rings is 1. The van der Waals surface area contributed by atoms with Crippen LogP contribution in [0.4, 0.5) is 5.69 Å². The van der Waals surface area contributed by atoms with E-state index in [2.05, 4.69) is 11.9 Å². The fraction of sp³-hybridized carbons (Fsp3) is 0.250. The molecule has 0 heterocycles. The van der Waals surface area contributed by atoms with Gasteiger partial charge in [0, 0.05) is 17.8 Å². The second-order valence-electron chi connectivity index (χ2n) is 3.41. The second-order valence-corrected chi connectivity index (χ2v) is 3.41. The number of Topliss-reactive ketones (excluding diaryl/α,β-unsaturated/α-hetero) is 1. The van der Waals surface area contributed by atoms with Gasteiger partial charge in [-0.15, -0.1) is 6.58 Å². The van der Waals surface area contributed by atoms with Crippen LogP contribution < -0.4 is 11.1 Å². The molecule has 3 nitrogen and oxygen atoms in total. The van der Waals surface area contributed by atoms with E-state index >= 15 is 0 Å². The van der Waals surface area contributed by atoms with Crippen molar-refractivity contribution in [1.82, 2.24) is 5.32 Å². The minimum Gasteiger partial charge on any atom is -0.398 e. The summed E-state index contributed by atoms with van der Waals surface area (Å²) < 4.78 is 0. The first kappa shape index (κ1) is 11.5.